The second-order valence-corrected chi connectivity index (χ2v) is 8.37. The molecule has 5 atom stereocenters. The van der Waals surface area contributed by atoms with Crippen LogP contribution in [0.4, 0.5) is 0 Å². The molecule has 0 spiro atoms. The van der Waals surface area contributed by atoms with E-state index in [9.17, 15) is 14.7 Å². The Bertz CT molecular complexity index is 629. The van der Waals surface area contributed by atoms with Crippen molar-refractivity contribution in [2.75, 3.05) is 0 Å². The van der Waals surface area contributed by atoms with E-state index in [2.05, 4.69) is 13.8 Å². The van der Waals surface area contributed by atoms with E-state index in [0.717, 1.165) is 38.5 Å². The molecule has 0 aromatic heterocycles. The molecule has 22 heavy (non-hydrogen) atoms. The minimum Gasteiger partial charge on any atom is -0.504 e. The molecule has 3 fully saturated rings. The first-order chi connectivity index (χ1) is 10.3. The first kappa shape index (κ1) is 14.2. The second kappa shape index (κ2) is 4.33. The molecule has 0 aromatic carbocycles. The number of aliphatic hydroxyl groups is 1. The number of carbonyl (C=O) groups is 2. The Kier molecular flexibility index (Phi) is 2.80. The summed E-state index contributed by atoms with van der Waals surface area (Å²) in [4.78, 5) is 23.8. The minimum absolute atomic E-state index is 0.0947. The fraction of sp³-hybridized carbons (Fsp3) is 0.684. The molecule has 0 radical (unpaired) electrons. The number of carbonyl (C=O) groups excluding carboxylic acids is 2. The third-order valence-electron chi connectivity index (χ3n) is 7.21. The predicted molar refractivity (Wildman–Crippen MR) is 83.2 cm³/mol. The van der Waals surface area contributed by atoms with Crippen molar-refractivity contribution in [3.05, 3.63) is 23.5 Å². The number of ketones is 2. The van der Waals surface area contributed by atoms with E-state index in [1.165, 1.54) is 5.57 Å². The molecule has 3 saturated carbocycles. The van der Waals surface area contributed by atoms with Gasteiger partial charge >= 0.3 is 0 Å². The summed E-state index contributed by atoms with van der Waals surface area (Å²) >= 11 is 0. The normalized spacial score (nSPS) is 47.3. The van der Waals surface area contributed by atoms with Gasteiger partial charge in [-0.2, -0.15) is 0 Å². The Hall–Kier alpha value is -1.38. The number of aliphatic hydroxyl groups excluding tert-OH is 1. The third-order valence-corrected chi connectivity index (χ3v) is 7.21. The quantitative estimate of drug-likeness (QED) is 0.741. The molecule has 118 valence electrons. The maximum atomic E-state index is 12.0. The number of hydrogen-bond donors (Lipinski definition) is 1. The first-order valence-electron chi connectivity index (χ1n) is 8.52. The van der Waals surface area contributed by atoms with Gasteiger partial charge in [-0.25, -0.2) is 0 Å². The van der Waals surface area contributed by atoms with Crippen LogP contribution in [0.1, 0.15) is 52.4 Å². The van der Waals surface area contributed by atoms with Gasteiger partial charge in [-0.3, -0.25) is 9.59 Å². The Morgan fingerprint density at radius 2 is 1.95 bits per heavy atom. The fourth-order valence-electron chi connectivity index (χ4n) is 6.06. The minimum atomic E-state index is -0.248. The van der Waals surface area contributed by atoms with Crippen molar-refractivity contribution >= 4 is 11.6 Å². The summed E-state index contributed by atoms with van der Waals surface area (Å²) in [6.07, 6.45) is 9.16. The van der Waals surface area contributed by atoms with Crippen LogP contribution in [0.3, 0.4) is 0 Å². The van der Waals surface area contributed by atoms with Crippen molar-refractivity contribution in [3.8, 4) is 0 Å². The van der Waals surface area contributed by atoms with Crippen LogP contribution in [0.25, 0.3) is 0 Å². The topological polar surface area (TPSA) is 54.4 Å². The van der Waals surface area contributed by atoms with Gasteiger partial charge in [0.05, 0.1) is 0 Å². The van der Waals surface area contributed by atoms with Crippen molar-refractivity contribution < 1.29 is 14.7 Å². The monoisotopic (exact) mass is 300 g/mol. The zero-order valence-electron chi connectivity index (χ0n) is 13.4. The SMILES string of the molecule is C[C@]12CCC3C(CCC4=CC(=O)C(O)=C[C@@]43C)C1CC(=O)C2. The van der Waals surface area contributed by atoms with Gasteiger partial charge in [0, 0.05) is 18.3 Å². The number of fused-ring (bicyclic) bond motifs is 5. The Morgan fingerprint density at radius 3 is 2.73 bits per heavy atom. The summed E-state index contributed by atoms with van der Waals surface area (Å²) in [6, 6.07) is 0. The number of hydrogen-bond acceptors (Lipinski definition) is 3. The molecular formula is C19H24O3. The van der Waals surface area contributed by atoms with Crippen LogP contribution >= 0.6 is 0 Å². The zero-order chi connectivity index (χ0) is 15.7. The van der Waals surface area contributed by atoms with Crippen molar-refractivity contribution in [2.45, 2.75) is 52.4 Å². The van der Waals surface area contributed by atoms with Crippen molar-refractivity contribution in [1.82, 2.24) is 0 Å². The number of Topliss-reactive ketones (excluding diaryl/α,β-unsaturated/α-hetero) is 1. The average Bonchev–Trinajstić information content (AvgIpc) is 2.75. The third kappa shape index (κ3) is 1.74. The van der Waals surface area contributed by atoms with E-state index >= 15 is 0 Å². The molecule has 3 heteroatoms. The van der Waals surface area contributed by atoms with E-state index in [0.29, 0.717) is 23.5 Å². The molecule has 3 nitrogen and oxygen atoms in total. The largest absolute Gasteiger partial charge is 0.504 e. The summed E-state index contributed by atoms with van der Waals surface area (Å²) in [6.45, 7) is 4.47. The average molecular weight is 300 g/mol. The lowest BCUT2D eigenvalue weighted by atomic mass is 9.48. The van der Waals surface area contributed by atoms with E-state index in [1.54, 1.807) is 12.2 Å². The van der Waals surface area contributed by atoms with Gasteiger partial charge in [0.2, 0.25) is 5.78 Å². The molecule has 0 saturated heterocycles. The fourth-order valence-corrected chi connectivity index (χ4v) is 6.06. The Morgan fingerprint density at radius 1 is 1.18 bits per heavy atom. The maximum absolute atomic E-state index is 12.0. The van der Waals surface area contributed by atoms with Gasteiger partial charge in [0.1, 0.15) is 5.78 Å². The summed E-state index contributed by atoms with van der Waals surface area (Å²) in [5.41, 5.74) is 1.17. The van der Waals surface area contributed by atoms with Gasteiger partial charge in [0.25, 0.3) is 0 Å². The van der Waals surface area contributed by atoms with Crippen LogP contribution in [-0.4, -0.2) is 16.7 Å². The number of rotatable bonds is 0. The molecule has 0 heterocycles. The lowest BCUT2D eigenvalue weighted by Crippen LogP contribution is -2.48. The summed E-state index contributed by atoms with van der Waals surface area (Å²) in [5, 5.41) is 9.97. The highest BCUT2D eigenvalue weighted by Crippen LogP contribution is 2.63. The van der Waals surface area contributed by atoms with Crippen LogP contribution in [0.5, 0.6) is 0 Å². The van der Waals surface area contributed by atoms with Crippen LogP contribution in [-0.2, 0) is 9.59 Å². The molecule has 0 aliphatic heterocycles. The van der Waals surface area contributed by atoms with Crippen LogP contribution in [0, 0.1) is 28.6 Å². The molecule has 0 bridgehead atoms. The predicted octanol–water partition coefficient (Wildman–Crippen LogP) is 3.75. The van der Waals surface area contributed by atoms with Crippen LogP contribution < -0.4 is 0 Å². The molecule has 4 aliphatic rings. The number of allylic oxidation sites excluding steroid dienone is 3. The van der Waals surface area contributed by atoms with E-state index in [1.807, 2.05) is 0 Å². The van der Waals surface area contributed by atoms with Gasteiger partial charge in [-0.15, -0.1) is 0 Å². The van der Waals surface area contributed by atoms with Crippen LogP contribution in [0.15, 0.2) is 23.5 Å². The van der Waals surface area contributed by atoms with Crippen LogP contribution in [0.2, 0.25) is 0 Å². The van der Waals surface area contributed by atoms with Gasteiger partial charge in [-0.1, -0.05) is 19.4 Å². The Balaban J connectivity index is 1.73. The second-order valence-electron chi connectivity index (χ2n) is 8.37. The first-order valence-corrected chi connectivity index (χ1v) is 8.52. The van der Waals surface area contributed by atoms with E-state index in [-0.39, 0.29) is 22.4 Å². The highest BCUT2D eigenvalue weighted by atomic mass is 16.3. The molecular weight excluding hydrogens is 276 g/mol. The standard InChI is InChI=1S/C19H24O3/c1-18-6-5-14-13(15(18)8-12(20)9-18)4-3-11-7-16(21)17(22)10-19(11,14)2/h7,10,13-15,22H,3-6,8-9H2,1-2H3/t13?,14?,15?,18-,19+/m1/s1. The van der Waals surface area contributed by atoms with Crippen molar-refractivity contribution in [1.29, 1.82) is 0 Å². The molecule has 0 amide bonds. The maximum Gasteiger partial charge on any atom is 0.219 e. The molecule has 1 N–H and O–H groups in total. The lowest BCUT2D eigenvalue weighted by Gasteiger charge is -2.55. The van der Waals surface area contributed by atoms with Gasteiger partial charge in [0.15, 0.2) is 5.76 Å². The summed E-state index contributed by atoms with van der Waals surface area (Å²) in [5.74, 6) is 1.57. The van der Waals surface area contributed by atoms with Gasteiger partial charge in [-0.05, 0) is 61.0 Å². The molecule has 4 rings (SSSR count). The van der Waals surface area contributed by atoms with Gasteiger partial charge < -0.3 is 5.11 Å². The highest BCUT2D eigenvalue weighted by Gasteiger charge is 2.57. The lowest BCUT2D eigenvalue weighted by molar-refractivity contribution is -0.118. The molecule has 4 aliphatic carbocycles. The molecule has 3 unspecified atom stereocenters. The smallest absolute Gasteiger partial charge is 0.219 e. The molecule has 0 aromatic rings. The Labute approximate surface area is 131 Å². The van der Waals surface area contributed by atoms with E-state index < -0.39 is 0 Å². The van der Waals surface area contributed by atoms with E-state index in [4.69, 9.17) is 0 Å². The summed E-state index contributed by atoms with van der Waals surface area (Å²) < 4.78 is 0. The highest BCUT2D eigenvalue weighted by molar-refractivity contribution is 6.04. The van der Waals surface area contributed by atoms with Crippen molar-refractivity contribution in [2.24, 2.45) is 28.6 Å². The van der Waals surface area contributed by atoms with Crippen molar-refractivity contribution in [3.63, 3.8) is 0 Å². The zero-order valence-corrected chi connectivity index (χ0v) is 13.4. The summed E-state index contributed by atoms with van der Waals surface area (Å²) in [7, 11) is 0.